The number of rotatable bonds is 3. The smallest absolute Gasteiger partial charge is 0.164 e. The van der Waals surface area contributed by atoms with Crippen molar-refractivity contribution in [2.45, 2.75) is 102 Å². The minimum Gasteiger partial charge on any atom is -0.378 e. The Hall–Kier alpha value is -0.760. The van der Waals surface area contributed by atoms with E-state index >= 15 is 0 Å². The van der Waals surface area contributed by atoms with Gasteiger partial charge in [0.1, 0.15) is 30.0 Å². The van der Waals surface area contributed by atoms with Gasteiger partial charge in [-0.15, -0.1) is 5.06 Å². The second-order valence-electron chi connectivity index (χ2n) is 8.81. The first-order valence-electron chi connectivity index (χ1n) is 9.33. The summed E-state index contributed by atoms with van der Waals surface area (Å²) < 4.78 is 29.8. The van der Waals surface area contributed by atoms with Crippen LogP contribution in [0.25, 0.3) is 0 Å². The predicted octanol–water partition coefficient (Wildman–Crippen LogP) is 1.24. The van der Waals surface area contributed by atoms with Crippen molar-refractivity contribution in [2.24, 2.45) is 0 Å². The highest BCUT2D eigenvalue weighted by Crippen LogP contribution is 2.43. The first kappa shape index (κ1) is 21.0. The van der Waals surface area contributed by atoms with E-state index in [0.29, 0.717) is 6.61 Å². The molecule has 0 aromatic carbocycles. The van der Waals surface area contributed by atoms with Crippen molar-refractivity contribution in [3.63, 3.8) is 0 Å². The van der Waals surface area contributed by atoms with Crippen LogP contribution in [0.1, 0.15) is 48.5 Å². The molecule has 0 amide bonds. The van der Waals surface area contributed by atoms with Gasteiger partial charge in [0, 0.05) is 0 Å². The minimum atomic E-state index is -1.15. The molecular formula is C19H31NO7. The maximum atomic E-state index is 10.7. The van der Waals surface area contributed by atoms with Gasteiger partial charge in [-0.3, -0.25) is 0 Å². The summed E-state index contributed by atoms with van der Waals surface area (Å²) in [7, 11) is 0. The van der Waals surface area contributed by atoms with Crippen LogP contribution in [0.4, 0.5) is 0 Å². The highest BCUT2D eigenvalue weighted by atomic mass is 16.8. The highest BCUT2D eigenvalue weighted by molar-refractivity contribution is 5.15. The molecule has 154 valence electrons. The lowest BCUT2D eigenvalue weighted by Crippen LogP contribution is -2.46. The molecule has 3 fully saturated rings. The molecule has 0 spiro atoms. The molecule has 3 saturated heterocycles. The second kappa shape index (κ2) is 6.94. The molecule has 0 radical (unpaired) electrons. The van der Waals surface area contributed by atoms with Crippen molar-refractivity contribution >= 4 is 0 Å². The summed E-state index contributed by atoms with van der Waals surface area (Å²) in [6.07, 6.45) is -2.47. The van der Waals surface area contributed by atoms with Crippen molar-refractivity contribution in [3.05, 3.63) is 0 Å². The van der Waals surface area contributed by atoms with E-state index in [1.807, 2.05) is 27.7 Å². The van der Waals surface area contributed by atoms with Gasteiger partial charge in [-0.25, -0.2) is 0 Å². The van der Waals surface area contributed by atoms with Crippen LogP contribution < -0.4 is 0 Å². The zero-order valence-electron chi connectivity index (χ0n) is 17.1. The Bertz CT molecular complexity index is 618. The Balaban J connectivity index is 1.78. The van der Waals surface area contributed by atoms with Gasteiger partial charge in [0.05, 0.1) is 12.6 Å². The fourth-order valence-electron chi connectivity index (χ4n) is 3.56. The normalized spacial score (nSPS) is 38.5. The van der Waals surface area contributed by atoms with Crippen LogP contribution in [0.15, 0.2) is 0 Å². The lowest BCUT2D eigenvalue weighted by molar-refractivity contribution is -0.276. The van der Waals surface area contributed by atoms with E-state index in [-0.39, 0.29) is 6.10 Å². The third-order valence-corrected chi connectivity index (χ3v) is 4.71. The van der Waals surface area contributed by atoms with E-state index in [0.717, 1.165) is 5.06 Å². The topological polar surface area (TPSA) is 89.9 Å². The Kier molecular flexibility index (Phi) is 5.38. The molecule has 8 heteroatoms. The SMILES string of the molecule is C[C@H](C#CC(C)(C)O)N(O)[C@H]1O[C@H]([C@H]2COC(C)(C)O2)[C@@H]2OC(C)(C)O[C@@H]21. The summed E-state index contributed by atoms with van der Waals surface area (Å²) in [6, 6.07) is -0.578. The largest absolute Gasteiger partial charge is 0.378 e. The van der Waals surface area contributed by atoms with Crippen LogP contribution in [-0.4, -0.2) is 75.8 Å². The summed E-state index contributed by atoms with van der Waals surface area (Å²) in [5.74, 6) is 4.06. The van der Waals surface area contributed by atoms with Crippen molar-refractivity contribution in [1.29, 1.82) is 0 Å². The molecule has 3 aliphatic heterocycles. The molecule has 3 aliphatic rings. The van der Waals surface area contributed by atoms with E-state index in [1.165, 1.54) is 0 Å². The number of hydrogen-bond donors (Lipinski definition) is 2. The molecule has 3 rings (SSSR count). The average molecular weight is 385 g/mol. The number of aliphatic hydroxyl groups is 1. The molecule has 3 heterocycles. The van der Waals surface area contributed by atoms with Crippen LogP contribution in [-0.2, 0) is 23.7 Å². The Morgan fingerprint density at radius 2 is 1.67 bits per heavy atom. The molecule has 0 unspecified atom stereocenters. The van der Waals surface area contributed by atoms with Crippen LogP contribution >= 0.6 is 0 Å². The first-order chi connectivity index (χ1) is 12.3. The predicted molar refractivity (Wildman–Crippen MR) is 94.6 cm³/mol. The molecule has 6 atom stereocenters. The van der Waals surface area contributed by atoms with Gasteiger partial charge in [0.25, 0.3) is 0 Å². The van der Waals surface area contributed by atoms with Crippen LogP contribution in [0.3, 0.4) is 0 Å². The van der Waals surface area contributed by atoms with Gasteiger partial charge in [-0.05, 0) is 48.5 Å². The van der Waals surface area contributed by atoms with E-state index in [2.05, 4.69) is 11.8 Å². The maximum absolute atomic E-state index is 10.7. The summed E-state index contributed by atoms with van der Waals surface area (Å²) in [6.45, 7) is 12.6. The summed E-state index contributed by atoms with van der Waals surface area (Å²) >= 11 is 0. The zero-order chi connectivity index (χ0) is 20.2. The monoisotopic (exact) mass is 385 g/mol. The van der Waals surface area contributed by atoms with E-state index in [1.54, 1.807) is 20.8 Å². The molecule has 0 aliphatic carbocycles. The van der Waals surface area contributed by atoms with Crippen molar-refractivity contribution in [1.82, 2.24) is 5.06 Å². The zero-order valence-corrected chi connectivity index (χ0v) is 17.1. The van der Waals surface area contributed by atoms with E-state index in [9.17, 15) is 10.3 Å². The lowest BCUT2D eigenvalue weighted by Gasteiger charge is -2.30. The quantitative estimate of drug-likeness (QED) is 0.554. The Morgan fingerprint density at radius 1 is 1.04 bits per heavy atom. The van der Waals surface area contributed by atoms with Gasteiger partial charge in [0.15, 0.2) is 17.8 Å². The molecule has 0 aromatic heterocycles. The van der Waals surface area contributed by atoms with Crippen molar-refractivity contribution in [3.8, 4) is 11.8 Å². The minimum absolute atomic E-state index is 0.332. The molecular weight excluding hydrogens is 354 g/mol. The lowest BCUT2D eigenvalue weighted by atomic mass is 10.1. The number of hydroxylamine groups is 2. The fourth-order valence-corrected chi connectivity index (χ4v) is 3.56. The second-order valence-corrected chi connectivity index (χ2v) is 8.81. The van der Waals surface area contributed by atoms with Crippen LogP contribution in [0.2, 0.25) is 0 Å². The molecule has 27 heavy (non-hydrogen) atoms. The van der Waals surface area contributed by atoms with E-state index < -0.39 is 47.8 Å². The molecule has 0 aromatic rings. The maximum Gasteiger partial charge on any atom is 0.164 e. The highest BCUT2D eigenvalue weighted by Gasteiger charge is 2.60. The first-order valence-corrected chi connectivity index (χ1v) is 9.33. The third-order valence-electron chi connectivity index (χ3n) is 4.71. The van der Waals surface area contributed by atoms with Gasteiger partial charge in [-0.2, -0.15) is 0 Å². The van der Waals surface area contributed by atoms with Crippen molar-refractivity contribution in [2.75, 3.05) is 6.61 Å². The summed E-state index contributed by atoms with van der Waals surface area (Å²) in [4.78, 5) is 0. The number of ether oxygens (including phenoxy) is 5. The Labute approximate surface area is 160 Å². The molecule has 0 bridgehead atoms. The average Bonchev–Trinajstić information content (AvgIpc) is 3.13. The standard InChI is InChI=1S/C19H31NO7/c1-11(8-9-17(2,3)21)20(22)16-15-14(26-19(6,7)27-15)13(24-16)12-10-23-18(4,5)25-12/h11-16,21-22H,10H2,1-7H3/t11-,12-,13-,14+,15+,16+/m1/s1. The van der Waals surface area contributed by atoms with Gasteiger partial charge >= 0.3 is 0 Å². The van der Waals surface area contributed by atoms with Gasteiger partial charge in [0.2, 0.25) is 0 Å². The Morgan fingerprint density at radius 3 is 2.22 bits per heavy atom. The number of fused-ring (bicyclic) bond motifs is 1. The number of nitrogens with zero attached hydrogens (tertiary/aromatic N) is 1. The fraction of sp³-hybridized carbons (Fsp3) is 0.895. The van der Waals surface area contributed by atoms with Crippen LogP contribution in [0, 0.1) is 11.8 Å². The van der Waals surface area contributed by atoms with Crippen molar-refractivity contribution < 1.29 is 34.0 Å². The molecule has 0 saturated carbocycles. The van der Waals surface area contributed by atoms with Gasteiger partial charge in [-0.1, -0.05) is 11.8 Å². The molecule has 8 nitrogen and oxygen atoms in total. The third kappa shape index (κ3) is 4.63. The van der Waals surface area contributed by atoms with Gasteiger partial charge < -0.3 is 34.0 Å². The van der Waals surface area contributed by atoms with Crippen LogP contribution in [0.5, 0.6) is 0 Å². The summed E-state index contributed by atoms with van der Waals surface area (Å²) in [5, 5.41) is 21.5. The molecule has 2 N–H and O–H groups in total. The summed E-state index contributed by atoms with van der Waals surface area (Å²) in [5.41, 5.74) is -1.15. The van der Waals surface area contributed by atoms with E-state index in [4.69, 9.17) is 23.7 Å². The number of hydrogen-bond acceptors (Lipinski definition) is 8.